The second-order valence-corrected chi connectivity index (χ2v) is 8.34. The van der Waals surface area contributed by atoms with Crippen LogP contribution >= 0.6 is 23.1 Å². The topological polar surface area (TPSA) is 86.2 Å². The molecule has 0 radical (unpaired) electrons. The normalized spacial score (nSPS) is 17.5. The van der Waals surface area contributed by atoms with Crippen LogP contribution in [0.2, 0.25) is 0 Å². The number of nitrogens with two attached hydrogens (primary N) is 1. The van der Waals surface area contributed by atoms with Crippen molar-refractivity contribution >= 4 is 44.9 Å². The van der Waals surface area contributed by atoms with Crippen molar-refractivity contribution in [1.82, 2.24) is 19.6 Å². The lowest BCUT2D eigenvalue weighted by Gasteiger charge is -2.17. The zero-order valence-electron chi connectivity index (χ0n) is 13.7. The number of rotatable bonds is 4. The van der Waals surface area contributed by atoms with Crippen LogP contribution in [0.4, 0.5) is 0 Å². The Morgan fingerprint density at radius 3 is 3.04 bits per heavy atom. The van der Waals surface area contributed by atoms with E-state index in [0.717, 1.165) is 46.9 Å². The number of amides is 1. The molecule has 0 aromatic carbocycles. The van der Waals surface area contributed by atoms with Crippen LogP contribution in [0.3, 0.4) is 0 Å². The zero-order chi connectivity index (χ0) is 16.8. The lowest BCUT2D eigenvalue weighted by atomic mass is 9.89. The summed E-state index contributed by atoms with van der Waals surface area (Å²) in [5.74, 6) is 1.50. The van der Waals surface area contributed by atoms with Gasteiger partial charge in [-0.1, -0.05) is 25.6 Å². The van der Waals surface area contributed by atoms with Crippen molar-refractivity contribution in [3.8, 4) is 0 Å². The van der Waals surface area contributed by atoms with Gasteiger partial charge < -0.3 is 5.73 Å². The third kappa shape index (κ3) is 2.48. The fourth-order valence-corrected chi connectivity index (χ4v) is 5.43. The molecule has 3 heterocycles. The summed E-state index contributed by atoms with van der Waals surface area (Å²) in [6.45, 7) is 4.38. The number of aromatic nitrogens is 4. The Hall–Kier alpha value is -1.67. The van der Waals surface area contributed by atoms with E-state index in [1.54, 1.807) is 11.3 Å². The number of hydrogen-bond acceptors (Lipinski definition) is 6. The van der Waals surface area contributed by atoms with Crippen molar-refractivity contribution < 1.29 is 4.79 Å². The molecule has 0 fully saturated rings. The molecule has 126 valence electrons. The largest absolute Gasteiger partial charge is 0.369 e. The van der Waals surface area contributed by atoms with E-state index in [-0.39, 0.29) is 11.7 Å². The van der Waals surface area contributed by atoms with Gasteiger partial charge in [0.25, 0.3) is 0 Å². The molecule has 0 saturated heterocycles. The quantitative estimate of drug-likeness (QED) is 0.722. The number of nitrogens with zero attached hydrogens (tertiary/aromatic N) is 4. The van der Waals surface area contributed by atoms with Gasteiger partial charge >= 0.3 is 0 Å². The minimum absolute atomic E-state index is 0.196. The van der Waals surface area contributed by atoms with Gasteiger partial charge in [0.15, 0.2) is 10.8 Å². The van der Waals surface area contributed by atoms with Gasteiger partial charge in [0.2, 0.25) is 5.91 Å². The summed E-state index contributed by atoms with van der Waals surface area (Å²) in [5, 5.41) is 10.6. The number of carbonyl (C=O) groups excluding carboxylic acids is 1. The first-order chi connectivity index (χ1) is 11.6. The highest BCUT2D eigenvalue weighted by molar-refractivity contribution is 7.99. The van der Waals surface area contributed by atoms with Gasteiger partial charge in [0.1, 0.15) is 10.7 Å². The number of thioether (sulfide) groups is 1. The van der Waals surface area contributed by atoms with Crippen LogP contribution in [0, 0.1) is 5.92 Å². The number of fused-ring (bicyclic) bond motifs is 5. The Balaban J connectivity index is 1.94. The van der Waals surface area contributed by atoms with Crippen LogP contribution in [0.15, 0.2) is 5.16 Å². The van der Waals surface area contributed by atoms with Crippen molar-refractivity contribution in [2.75, 3.05) is 5.75 Å². The number of carbonyl (C=O) groups is 1. The lowest BCUT2D eigenvalue weighted by molar-refractivity contribution is -0.115. The molecule has 8 heteroatoms. The van der Waals surface area contributed by atoms with Gasteiger partial charge in [-0.15, -0.1) is 21.5 Å². The minimum atomic E-state index is -0.356. The van der Waals surface area contributed by atoms with E-state index < -0.39 is 0 Å². The molecule has 3 aromatic rings. The summed E-state index contributed by atoms with van der Waals surface area (Å²) in [4.78, 5) is 18.5. The minimum Gasteiger partial charge on any atom is -0.369 e. The molecule has 1 atom stereocenters. The Morgan fingerprint density at radius 2 is 2.29 bits per heavy atom. The van der Waals surface area contributed by atoms with Crippen molar-refractivity contribution in [1.29, 1.82) is 0 Å². The fourth-order valence-electron chi connectivity index (χ4n) is 3.34. The second kappa shape index (κ2) is 6.00. The van der Waals surface area contributed by atoms with E-state index in [2.05, 4.69) is 24.0 Å². The fraction of sp³-hybridized carbons (Fsp3) is 0.500. The Labute approximate surface area is 147 Å². The first-order valence-corrected chi connectivity index (χ1v) is 9.98. The predicted molar refractivity (Wildman–Crippen MR) is 96.7 cm³/mol. The maximum atomic E-state index is 11.1. The molecule has 3 aromatic heterocycles. The van der Waals surface area contributed by atoms with Gasteiger partial charge in [0, 0.05) is 11.3 Å². The highest BCUT2D eigenvalue weighted by atomic mass is 32.2. The van der Waals surface area contributed by atoms with Gasteiger partial charge in [-0.2, -0.15) is 0 Å². The molecular formula is C16H19N5OS2. The molecule has 24 heavy (non-hydrogen) atoms. The molecule has 0 aliphatic heterocycles. The van der Waals surface area contributed by atoms with Crippen molar-refractivity contribution in [2.45, 2.75) is 44.7 Å². The van der Waals surface area contributed by atoms with Crippen LogP contribution in [0.25, 0.3) is 15.9 Å². The van der Waals surface area contributed by atoms with Crippen molar-refractivity contribution in [3.63, 3.8) is 0 Å². The molecule has 0 spiro atoms. The average molecular weight is 361 g/mol. The standard InChI is InChI=1S/C16H19N5OS2/c1-3-12-18-15-13(9-5-4-8(2)6-10(9)24-15)14-19-20-16(21(12)14)23-7-11(17)22/h8H,3-7H2,1-2H3,(H2,17,22)/t8-/m0/s1. The predicted octanol–water partition coefficient (Wildman–Crippen LogP) is 2.60. The zero-order valence-corrected chi connectivity index (χ0v) is 15.3. The van der Waals surface area contributed by atoms with Crippen LogP contribution in [0.1, 0.15) is 36.5 Å². The average Bonchev–Trinajstić information content (AvgIpc) is 3.11. The molecule has 0 bridgehead atoms. The smallest absolute Gasteiger partial charge is 0.227 e. The van der Waals surface area contributed by atoms with Gasteiger partial charge in [-0.3, -0.25) is 9.20 Å². The van der Waals surface area contributed by atoms with Gasteiger partial charge in [-0.05, 0) is 30.7 Å². The summed E-state index contributed by atoms with van der Waals surface area (Å²) in [7, 11) is 0. The maximum Gasteiger partial charge on any atom is 0.227 e. The van der Waals surface area contributed by atoms with Crippen molar-refractivity contribution in [2.24, 2.45) is 11.7 Å². The maximum absolute atomic E-state index is 11.1. The first-order valence-electron chi connectivity index (χ1n) is 8.17. The van der Waals surface area contributed by atoms with E-state index in [1.807, 2.05) is 4.40 Å². The Morgan fingerprint density at radius 1 is 1.46 bits per heavy atom. The SMILES string of the molecule is CCc1nc2sc3c(c2c2nnc(SCC(N)=O)n12)CC[C@H](C)C3. The molecule has 6 nitrogen and oxygen atoms in total. The van der Waals surface area contributed by atoms with E-state index in [1.165, 1.54) is 28.6 Å². The molecule has 1 amide bonds. The first kappa shape index (κ1) is 15.8. The highest BCUT2D eigenvalue weighted by Crippen LogP contribution is 2.39. The third-order valence-corrected chi connectivity index (χ3v) is 6.60. The number of primary amides is 1. The Bertz CT molecular complexity index is 945. The molecule has 2 N–H and O–H groups in total. The lowest BCUT2D eigenvalue weighted by Crippen LogP contribution is -2.13. The molecule has 1 aliphatic carbocycles. The molecule has 0 unspecified atom stereocenters. The summed E-state index contributed by atoms with van der Waals surface area (Å²) in [5.41, 5.74) is 7.54. The molecule has 4 rings (SSSR count). The molecular weight excluding hydrogens is 342 g/mol. The van der Waals surface area contributed by atoms with Gasteiger partial charge in [0.05, 0.1) is 11.1 Å². The Kier molecular flexibility index (Phi) is 3.96. The van der Waals surface area contributed by atoms with Gasteiger partial charge in [-0.25, -0.2) is 4.98 Å². The number of hydrogen-bond donors (Lipinski definition) is 1. The molecule has 0 saturated carbocycles. The van der Waals surface area contributed by atoms with Crippen LogP contribution in [0.5, 0.6) is 0 Å². The van der Waals surface area contributed by atoms with Crippen LogP contribution in [-0.2, 0) is 24.1 Å². The van der Waals surface area contributed by atoms with E-state index in [9.17, 15) is 4.79 Å². The van der Waals surface area contributed by atoms with Crippen LogP contribution in [-0.4, -0.2) is 31.2 Å². The molecule has 1 aliphatic rings. The van der Waals surface area contributed by atoms with Crippen LogP contribution < -0.4 is 5.73 Å². The monoisotopic (exact) mass is 361 g/mol. The third-order valence-electron chi connectivity index (χ3n) is 4.50. The highest BCUT2D eigenvalue weighted by Gasteiger charge is 2.25. The summed E-state index contributed by atoms with van der Waals surface area (Å²) in [6.07, 6.45) is 4.20. The number of aryl methyl sites for hydroxylation is 2. The van der Waals surface area contributed by atoms with E-state index in [4.69, 9.17) is 10.7 Å². The number of thiophene rings is 1. The summed E-state index contributed by atoms with van der Waals surface area (Å²) in [6, 6.07) is 0. The second-order valence-electron chi connectivity index (χ2n) is 6.31. The summed E-state index contributed by atoms with van der Waals surface area (Å²) >= 11 is 3.12. The van der Waals surface area contributed by atoms with E-state index >= 15 is 0 Å². The summed E-state index contributed by atoms with van der Waals surface area (Å²) < 4.78 is 2.00. The van der Waals surface area contributed by atoms with E-state index in [0.29, 0.717) is 5.16 Å². The van der Waals surface area contributed by atoms with Crippen molar-refractivity contribution in [3.05, 3.63) is 16.3 Å².